The number of hydrogen-bond acceptors (Lipinski definition) is 11. The van der Waals surface area contributed by atoms with Gasteiger partial charge in [-0.15, -0.1) is 0 Å². The van der Waals surface area contributed by atoms with Crippen LogP contribution in [0.4, 0.5) is 9.59 Å². The van der Waals surface area contributed by atoms with Crippen LogP contribution in [0.3, 0.4) is 0 Å². The summed E-state index contributed by atoms with van der Waals surface area (Å²) in [5.41, 5.74) is -1.21. The molecule has 1 aromatic rings. The van der Waals surface area contributed by atoms with Crippen molar-refractivity contribution >= 4 is 46.8 Å². The van der Waals surface area contributed by atoms with E-state index in [9.17, 15) is 28.8 Å². The Morgan fingerprint density at radius 2 is 1.60 bits per heavy atom. The van der Waals surface area contributed by atoms with Crippen LogP contribution in [-0.2, 0) is 39.8 Å². The summed E-state index contributed by atoms with van der Waals surface area (Å²) in [6, 6.07) is -2.26. The number of carbonyl (C=O) groups excluding carboxylic acids is 6. The molecule has 1 heterocycles. The second-order valence-corrected chi connectivity index (χ2v) is 11.7. The second kappa shape index (κ2) is 15.2. The van der Waals surface area contributed by atoms with Crippen molar-refractivity contribution in [2.75, 3.05) is 19.4 Å². The van der Waals surface area contributed by atoms with Gasteiger partial charge in [0.2, 0.25) is 16.9 Å². The molecule has 14 nitrogen and oxygen atoms in total. The van der Waals surface area contributed by atoms with Gasteiger partial charge in [-0.25, -0.2) is 23.9 Å². The van der Waals surface area contributed by atoms with Crippen LogP contribution >= 0.6 is 11.8 Å². The van der Waals surface area contributed by atoms with Crippen LogP contribution < -0.4 is 16.0 Å². The third-order valence-electron chi connectivity index (χ3n) is 4.61. The lowest BCUT2D eigenvalue weighted by Gasteiger charge is -2.22. The summed E-state index contributed by atoms with van der Waals surface area (Å²) < 4.78 is 16.3. The number of imidazole rings is 1. The number of thioether (sulfide) groups is 1. The van der Waals surface area contributed by atoms with Crippen LogP contribution in [0.2, 0.25) is 0 Å². The maximum absolute atomic E-state index is 13.2. The van der Waals surface area contributed by atoms with Gasteiger partial charge in [-0.05, 0) is 41.5 Å². The molecule has 2 atom stereocenters. The molecular formula is C25H39N5O9S. The van der Waals surface area contributed by atoms with Gasteiger partial charge in [0.1, 0.15) is 29.6 Å². The molecule has 15 heteroatoms. The number of methoxy groups -OCH3 is 1. The number of hydrogen-bond donors (Lipinski definition) is 3. The van der Waals surface area contributed by atoms with Crippen LogP contribution in [0.5, 0.6) is 0 Å². The smallest absolute Gasteiger partial charge is 0.420 e. The van der Waals surface area contributed by atoms with Crippen molar-refractivity contribution in [1.82, 2.24) is 25.5 Å². The zero-order valence-corrected chi connectivity index (χ0v) is 24.9. The Kier molecular flexibility index (Phi) is 13.1. The van der Waals surface area contributed by atoms with E-state index in [0.717, 1.165) is 11.7 Å². The van der Waals surface area contributed by atoms with Gasteiger partial charge in [0.05, 0.1) is 12.8 Å². The van der Waals surface area contributed by atoms with Crippen LogP contribution in [0.15, 0.2) is 12.5 Å². The summed E-state index contributed by atoms with van der Waals surface area (Å²) in [6.45, 7) is 11.4. The maximum Gasteiger partial charge on any atom is 0.420 e. The lowest BCUT2D eigenvalue weighted by molar-refractivity contribution is -0.144. The van der Waals surface area contributed by atoms with E-state index in [4.69, 9.17) is 9.47 Å². The molecule has 0 aliphatic rings. The largest absolute Gasteiger partial charge is 0.467 e. The Morgan fingerprint density at radius 1 is 0.975 bits per heavy atom. The van der Waals surface area contributed by atoms with Gasteiger partial charge in [0.25, 0.3) is 0 Å². The minimum Gasteiger partial charge on any atom is -0.467 e. The first-order valence-corrected chi connectivity index (χ1v) is 13.4. The molecule has 0 aromatic carbocycles. The van der Waals surface area contributed by atoms with Crippen molar-refractivity contribution in [3.8, 4) is 0 Å². The van der Waals surface area contributed by atoms with Crippen LogP contribution in [-0.4, -0.2) is 87.3 Å². The van der Waals surface area contributed by atoms with Gasteiger partial charge in [0, 0.05) is 38.3 Å². The van der Waals surface area contributed by atoms with E-state index in [0.29, 0.717) is 11.8 Å². The number of alkyl carbamates (subject to hydrolysis) is 1. The average Bonchev–Trinajstić information content (AvgIpc) is 3.26. The SMILES string of the molecule is COC(=O)[C@H](CSC(=O)[C@H](Cc1cncn1C(=O)OC(C)(C)C)NC(=O)CCNC(=O)OC(C)(C)C)NC(C)=O. The van der Waals surface area contributed by atoms with Crippen molar-refractivity contribution in [2.24, 2.45) is 0 Å². The average molecular weight is 586 g/mol. The minimum absolute atomic E-state index is 0.0579. The van der Waals surface area contributed by atoms with E-state index in [1.807, 2.05) is 0 Å². The number of nitrogens with one attached hydrogen (secondary N) is 3. The summed E-state index contributed by atoms with van der Waals surface area (Å²) in [5, 5.41) is 6.92. The molecule has 0 radical (unpaired) electrons. The Balaban J connectivity index is 3.03. The molecule has 0 aliphatic carbocycles. The number of amides is 3. The summed E-state index contributed by atoms with van der Waals surface area (Å²) in [5.74, 6) is -1.97. The van der Waals surface area contributed by atoms with E-state index in [2.05, 4.69) is 25.7 Å². The minimum atomic E-state index is -1.16. The fourth-order valence-electron chi connectivity index (χ4n) is 3.03. The summed E-state index contributed by atoms with van der Waals surface area (Å²) >= 11 is 0.697. The summed E-state index contributed by atoms with van der Waals surface area (Å²) in [7, 11) is 1.15. The van der Waals surface area contributed by atoms with Gasteiger partial charge in [-0.2, -0.15) is 0 Å². The lowest BCUT2D eigenvalue weighted by atomic mass is 10.1. The van der Waals surface area contributed by atoms with Gasteiger partial charge in [-0.3, -0.25) is 14.4 Å². The third kappa shape index (κ3) is 13.4. The highest BCUT2D eigenvalue weighted by Crippen LogP contribution is 2.16. The summed E-state index contributed by atoms with van der Waals surface area (Å²) in [4.78, 5) is 77.8. The first kappa shape index (κ1) is 34.4. The highest BCUT2D eigenvalue weighted by atomic mass is 32.2. The normalized spacial score (nSPS) is 12.9. The van der Waals surface area contributed by atoms with E-state index in [1.54, 1.807) is 41.5 Å². The first-order chi connectivity index (χ1) is 18.4. The summed E-state index contributed by atoms with van der Waals surface area (Å²) in [6.07, 6.45) is 0.864. The molecule has 0 aliphatic heterocycles. The number of carbonyl (C=O) groups is 6. The quantitative estimate of drug-likeness (QED) is 0.253. The molecule has 3 amide bonds. The van der Waals surface area contributed by atoms with Crippen LogP contribution in [0.25, 0.3) is 0 Å². The predicted molar refractivity (Wildman–Crippen MR) is 145 cm³/mol. The fraction of sp³-hybridized carbons (Fsp3) is 0.640. The van der Waals surface area contributed by atoms with Gasteiger partial charge in [0.15, 0.2) is 0 Å². The van der Waals surface area contributed by atoms with Crippen molar-refractivity contribution in [2.45, 2.75) is 84.6 Å². The predicted octanol–water partition coefficient (Wildman–Crippen LogP) is 1.55. The van der Waals surface area contributed by atoms with Gasteiger partial charge >= 0.3 is 18.2 Å². The highest BCUT2D eigenvalue weighted by molar-refractivity contribution is 8.13. The zero-order valence-electron chi connectivity index (χ0n) is 24.1. The first-order valence-electron chi connectivity index (χ1n) is 12.4. The van der Waals surface area contributed by atoms with Crippen molar-refractivity contribution in [3.05, 3.63) is 18.2 Å². The van der Waals surface area contributed by atoms with E-state index >= 15 is 0 Å². The number of rotatable bonds is 11. The molecule has 0 fully saturated rings. The lowest BCUT2D eigenvalue weighted by Crippen LogP contribution is -2.45. The molecule has 0 spiro atoms. The second-order valence-electron chi connectivity index (χ2n) is 10.6. The zero-order chi connectivity index (χ0) is 30.7. The van der Waals surface area contributed by atoms with Crippen molar-refractivity contribution in [1.29, 1.82) is 0 Å². The van der Waals surface area contributed by atoms with Gasteiger partial charge in [-0.1, -0.05) is 11.8 Å². The van der Waals surface area contributed by atoms with Crippen molar-refractivity contribution < 1.29 is 43.0 Å². The number of esters is 1. The monoisotopic (exact) mass is 585 g/mol. The Labute approximate surface area is 237 Å². The van der Waals surface area contributed by atoms with Crippen molar-refractivity contribution in [3.63, 3.8) is 0 Å². The standard InChI is InChI=1S/C25H39N5O9S/c1-15(31)28-18(20(33)37-8)13-40-21(34)17(29-19(32)9-10-27-22(35)38-24(2,3)4)11-16-12-26-14-30(16)23(36)39-25(5,6)7/h12,14,17-18H,9-11,13H2,1-8H3,(H,27,35)(H,28,31)(H,29,32)/t17-,18-/m0/s1. The Hall–Kier alpha value is -3.62. The number of ether oxygens (including phenoxy) is 3. The van der Waals surface area contributed by atoms with Gasteiger partial charge < -0.3 is 30.2 Å². The maximum atomic E-state index is 13.2. The van der Waals surface area contributed by atoms with E-state index in [1.165, 1.54) is 19.4 Å². The molecule has 1 aromatic heterocycles. The molecule has 40 heavy (non-hydrogen) atoms. The fourth-order valence-corrected chi connectivity index (χ4v) is 3.93. The van der Waals surface area contributed by atoms with Crippen LogP contribution in [0.1, 0.15) is 60.6 Å². The molecule has 3 N–H and O–H groups in total. The highest BCUT2D eigenvalue weighted by Gasteiger charge is 2.29. The molecular weight excluding hydrogens is 546 g/mol. The number of aromatic nitrogens is 2. The molecule has 0 saturated heterocycles. The molecule has 1 rings (SSSR count). The Bertz CT molecular complexity index is 1080. The Morgan fingerprint density at radius 3 is 2.15 bits per heavy atom. The topological polar surface area (TPSA) is 184 Å². The molecule has 0 bridgehead atoms. The number of nitrogens with zero attached hydrogens (tertiary/aromatic N) is 2. The molecule has 0 unspecified atom stereocenters. The van der Waals surface area contributed by atoms with Crippen LogP contribution in [0, 0.1) is 0 Å². The van der Waals surface area contributed by atoms with E-state index < -0.39 is 58.4 Å². The van der Waals surface area contributed by atoms with E-state index in [-0.39, 0.29) is 30.8 Å². The molecule has 0 saturated carbocycles. The molecule has 224 valence electrons. The third-order valence-corrected chi connectivity index (χ3v) is 5.68.